The van der Waals surface area contributed by atoms with Crippen molar-refractivity contribution >= 4 is 28.4 Å². The van der Waals surface area contributed by atoms with Gasteiger partial charge in [0.05, 0.1) is 30.1 Å². The molecule has 2 aliphatic heterocycles. The van der Waals surface area contributed by atoms with Gasteiger partial charge in [0, 0.05) is 56.8 Å². The van der Waals surface area contributed by atoms with Crippen molar-refractivity contribution < 1.29 is 4.74 Å². The maximum Gasteiger partial charge on any atom is 0.229 e. The summed E-state index contributed by atoms with van der Waals surface area (Å²) in [6, 6.07) is 4.98. The Bertz CT molecular complexity index is 1290. The molecule has 0 radical (unpaired) electrons. The number of piperidine rings is 1. The van der Waals surface area contributed by atoms with Crippen molar-refractivity contribution in [3.05, 3.63) is 30.1 Å². The summed E-state index contributed by atoms with van der Waals surface area (Å²) in [5.74, 6) is 8.80. The zero-order valence-electron chi connectivity index (χ0n) is 23.1. The van der Waals surface area contributed by atoms with Crippen molar-refractivity contribution in [3.63, 3.8) is 0 Å². The molecular weight excluding hydrogens is 476 g/mol. The second kappa shape index (κ2) is 12.0. The molecule has 2 saturated heterocycles. The van der Waals surface area contributed by atoms with Gasteiger partial charge in [-0.25, -0.2) is 4.98 Å². The molecule has 0 atom stereocenters. The molecule has 38 heavy (non-hydrogen) atoms. The zero-order valence-corrected chi connectivity index (χ0v) is 23.1. The monoisotopic (exact) mass is 516 g/mol. The number of benzene rings is 1. The van der Waals surface area contributed by atoms with E-state index in [0.717, 1.165) is 72.6 Å². The van der Waals surface area contributed by atoms with Crippen molar-refractivity contribution in [2.45, 2.75) is 58.0 Å². The third-order valence-corrected chi connectivity index (χ3v) is 7.55. The smallest absolute Gasteiger partial charge is 0.229 e. The molecule has 0 saturated carbocycles. The van der Waals surface area contributed by atoms with Crippen LogP contribution in [0.25, 0.3) is 10.9 Å². The van der Waals surface area contributed by atoms with Crippen LogP contribution in [0.1, 0.15) is 51.5 Å². The molecule has 0 aliphatic carbocycles. The van der Waals surface area contributed by atoms with Crippen LogP contribution in [-0.2, 0) is 7.05 Å². The van der Waals surface area contributed by atoms with E-state index in [2.05, 4.69) is 51.2 Å². The van der Waals surface area contributed by atoms with E-state index >= 15 is 0 Å². The minimum absolute atomic E-state index is 0.352. The Morgan fingerprint density at radius 2 is 1.89 bits per heavy atom. The van der Waals surface area contributed by atoms with Gasteiger partial charge in [-0.3, -0.25) is 4.68 Å². The third kappa shape index (κ3) is 6.37. The average molecular weight is 517 g/mol. The fourth-order valence-corrected chi connectivity index (χ4v) is 5.33. The minimum Gasteiger partial charge on any atom is -0.495 e. The van der Waals surface area contributed by atoms with Crippen LogP contribution in [0.3, 0.4) is 0 Å². The van der Waals surface area contributed by atoms with Gasteiger partial charge >= 0.3 is 0 Å². The molecule has 9 nitrogen and oxygen atoms in total. The molecule has 2 N–H and O–H groups in total. The number of likely N-dealkylation sites (tertiary alicyclic amines) is 2. The predicted octanol–water partition coefficient (Wildman–Crippen LogP) is 4.24. The van der Waals surface area contributed by atoms with Crippen molar-refractivity contribution in [1.29, 1.82) is 0 Å². The standard InChI is InChI=1S/C29H40N8O/c1-21(2)37-15-10-23(11-16-37)31-28-25-18-27(38-4)22(9-5-6-12-36-13-7-8-14-36)17-26(25)33-29(34-28)32-24-19-30-35(3)20-24/h17-21,23H,6-8,10-16H2,1-4H3,(H2,31,32,33,34). The molecule has 5 rings (SSSR count). The topological polar surface area (TPSA) is 83.4 Å². The van der Waals surface area contributed by atoms with Gasteiger partial charge in [0.25, 0.3) is 0 Å². The summed E-state index contributed by atoms with van der Waals surface area (Å²) >= 11 is 0. The van der Waals surface area contributed by atoms with Gasteiger partial charge in [-0.15, -0.1) is 0 Å². The number of hydrogen-bond acceptors (Lipinski definition) is 8. The van der Waals surface area contributed by atoms with Crippen LogP contribution in [-0.4, -0.2) is 81.5 Å². The second-order valence-electron chi connectivity index (χ2n) is 10.6. The molecule has 0 bridgehead atoms. The number of anilines is 3. The Kier molecular flexibility index (Phi) is 8.30. The van der Waals surface area contributed by atoms with E-state index in [-0.39, 0.29) is 0 Å². The maximum absolute atomic E-state index is 5.77. The first-order valence-electron chi connectivity index (χ1n) is 13.9. The number of aromatic nitrogens is 4. The van der Waals surface area contributed by atoms with E-state index in [4.69, 9.17) is 14.7 Å². The number of nitrogens with zero attached hydrogens (tertiary/aromatic N) is 6. The number of aryl methyl sites for hydroxylation is 1. The highest BCUT2D eigenvalue weighted by atomic mass is 16.5. The number of nitrogens with one attached hydrogen (secondary N) is 2. The second-order valence-corrected chi connectivity index (χ2v) is 10.6. The van der Waals surface area contributed by atoms with Gasteiger partial charge in [-0.2, -0.15) is 10.1 Å². The lowest BCUT2D eigenvalue weighted by molar-refractivity contribution is 0.177. The highest BCUT2D eigenvalue weighted by Gasteiger charge is 2.22. The van der Waals surface area contributed by atoms with Crippen molar-refractivity contribution in [2.24, 2.45) is 7.05 Å². The summed E-state index contributed by atoms with van der Waals surface area (Å²) < 4.78 is 7.52. The van der Waals surface area contributed by atoms with Crippen LogP contribution >= 0.6 is 0 Å². The van der Waals surface area contributed by atoms with E-state index in [1.807, 2.05) is 25.4 Å². The molecule has 202 valence electrons. The van der Waals surface area contributed by atoms with Crippen LogP contribution in [0.4, 0.5) is 17.5 Å². The molecule has 2 aromatic heterocycles. The summed E-state index contributed by atoms with van der Waals surface area (Å²) in [4.78, 5) is 14.8. The number of fused-ring (bicyclic) bond motifs is 1. The number of methoxy groups -OCH3 is 1. The van der Waals surface area contributed by atoms with Gasteiger partial charge in [0.1, 0.15) is 11.6 Å². The molecule has 3 aromatic rings. The first-order chi connectivity index (χ1) is 18.5. The number of hydrogen-bond donors (Lipinski definition) is 2. The SMILES string of the molecule is COc1cc2c(NC3CCN(C(C)C)CC3)nc(Nc3cnn(C)c3)nc2cc1C#CCCN1CCCC1. The lowest BCUT2D eigenvalue weighted by atomic mass is 10.0. The summed E-state index contributed by atoms with van der Waals surface area (Å²) in [5.41, 5.74) is 2.53. The van der Waals surface area contributed by atoms with Crippen LogP contribution in [0.2, 0.25) is 0 Å². The third-order valence-electron chi connectivity index (χ3n) is 7.55. The van der Waals surface area contributed by atoms with Crippen LogP contribution in [0, 0.1) is 11.8 Å². The fraction of sp³-hybridized carbons (Fsp3) is 0.552. The zero-order chi connectivity index (χ0) is 26.5. The van der Waals surface area contributed by atoms with E-state index in [0.29, 0.717) is 18.0 Å². The van der Waals surface area contributed by atoms with Crippen LogP contribution in [0.5, 0.6) is 5.75 Å². The van der Waals surface area contributed by atoms with Crippen molar-refractivity contribution in [1.82, 2.24) is 29.5 Å². The number of rotatable bonds is 8. The summed E-state index contributed by atoms with van der Waals surface area (Å²) in [6.07, 6.45) is 9.28. The molecule has 4 heterocycles. The molecule has 0 amide bonds. The van der Waals surface area contributed by atoms with Gasteiger partial charge < -0.3 is 25.2 Å². The highest BCUT2D eigenvalue weighted by molar-refractivity contribution is 5.93. The lowest BCUT2D eigenvalue weighted by Crippen LogP contribution is -2.42. The Labute approximate surface area is 226 Å². The molecule has 1 aromatic carbocycles. The molecule has 0 unspecified atom stereocenters. The first kappa shape index (κ1) is 26.3. The molecular formula is C29H40N8O. The van der Waals surface area contributed by atoms with Gasteiger partial charge in [0.2, 0.25) is 5.95 Å². The first-order valence-corrected chi connectivity index (χ1v) is 13.9. The Morgan fingerprint density at radius 1 is 1.11 bits per heavy atom. The van der Waals surface area contributed by atoms with E-state index in [1.54, 1.807) is 18.0 Å². The Hall–Kier alpha value is -3.35. The summed E-state index contributed by atoms with van der Waals surface area (Å²) in [6.45, 7) is 10.1. The van der Waals surface area contributed by atoms with Gasteiger partial charge in [-0.05, 0) is 64.8 Å². The Balaban J connectivity index is 1.43. The van der Waals surface area contributed by atoms with E-state index in [1.165, 1.54) is 25.9 Å². The fourth-order valence-electron chi connectivity index (χ4n) is 5.33. The van der Waals surface area contributed by atoms with Gasteiger partial charge in [-0.1, -0.05) is 11.8 Å². The van der Waals surface area contributed by atoms with Crippen LogP contribution in [0.15, 0.2) is 24.5 Å². The molecule has 0 spiro atoms. The Morgan fingerprint density at radius 3 is 2.58 bits per heavy atom. The number of ether oxygens (including phenoxy) is 1. The summed E-state index contributed by atoms with van der Waals surface area (Å²) in [5, 5.41) is 12.3. The highest BCUT2D eigenvalue weighted by Crippen LogP contribution is 2.31. The van der Waals surface area contributed by atoms with Gasteiger partial charge in [0.15, 0.2) is 0 Å². The van der Waals surface area contributed by atoms with Crippen molar-refractivity contribution in [3.8, 4) is 17.6 Å². The largest absolute Gasteiger partial charge is 0.495 e. The van der Waals surface area contributed by atoms with E-state index in [9.17, 15) is 0 Å². The lowest BCUT2D eigenvalue weighted by Gasteiger charge is -2.35. The van der Waals surface area contributed by atoms with Crippen LogP contribution < -0.4 is 15.4 Å². The van der Waals surface area contributed by atoms with E-state index < -0.39 is 0 Å². The predicted molar refractivity (Wildman–Crippen MR) is 153 cm³/mol. The molecule has 2 aliphatic rings. The maximum atomic E-state index is 5.77. The molecule has 2 fully saturated rings. The molecule has 9 heteroatoms. The normalized spacial score (nSPS) is 17.1. The summed E-state index contributed by atoms with van der Waals surface area (Å²) in [7, 11) is 3.59. The minimum atomic E-state index is 0.352. The van der Waals surface area contributed by atoms with Crippen molar-refractivity contribution in [2.75, 3.05) is 50.5 Å². The average Bonchev–Trinajstić information content (AvgIpc) is 3.58. The quantitative estimate of drug-likeness (QED) is 0.430.